The summed E-state index contributed by atoms with van der Waals surface area (Å²) in [4.78, 5) is 46.5. The third kappa shape index (κ3) is 8.64. The lowest BCUT2D eigenvalue weighted by atomic mass is 9.77. The number of ether oxygens (including phenoxy) is 2. The maximum atomic E-state index is 13.5. The van der Waals surface area contributed by atoms with Crippen LogP contribution >= 0.6 is 0 Å². The zero-order valence-electron chi connectivity index (χ0n) is 29.8. The van der Waals surface area contributed by atoms with Crippen LogP contribution in [-0.4, -0.2) is 82.7 Å². The number of hydrogen-bond donors (Lipinski definition) is 1. The smallest absolute Gasteiger partial charge is 0.478 e. The van der Waals surface area contributed by atoms with Crippen LogP contribution < -0.4 is 10.4 Å². The molecule has 12 heteroatoms. The van der Waals surface area contributed by atoms with Crippen molar-refractivity contribution in [3.63, 3.8) is 0 Å². The minimum Gasteiger partial charge on any atom is -0.478 e. The summed E-state index contributed by atoms with van der Waals surface area (Å²) in [6.07, 6.45) is 1.49. The summed E-state index contributed by atoms with van der Waals surface area (Å²) in [7, 11) is 0.884. The van der Waals surface area contributed by atoms with Crippen LogP contribution in [0.2, 0.25) is 0 Å². The van der Waals surface area contributed by atoms with Crippen LogP contribution in [0.5, 0.6) is 0 Å². The Kier molecular flexibility index (Phi) is 10.1. The summed E-state index contributed by atoms with van der Waals surface area (Å²) in [5, 5.41) is 10.2. The first-order valence-electron chi connectivity index (χ1n) is 16.2. The number of carboxylic acid groups (broad SMARTS) is 1. The topological polar surface area (TPSA) is 128 Å². The first-order chi connectivity index (χ1) is 21.6. The third-order valence-electron chi connectivity index (χ3n) is 8.63. The molecule has 11 nitrogen and oxygen atoms in total. The minimum absolute atomic E-state index is 0.104. The van der Waals surface area contributed by atoms with Crippen molar-refractivity contribution in [3.8, 4) is 0 Å². The molecule has 0 spiro atoms. The average molecular weight is 652 g/mol. The molecule has 1 N–H and O–H groups in total. The Morgan fingerprint density at radius 1 is 1.00 bits per heavy atom. The molecule has 2 aliphatic heterocycles. The molecule has 47 heavy (non-hydrogen) atoms. The van der Waals surface area contributed by atoms with Crippen LogP contribution in [0.15, 0.2) is 24.3 Å². The number of rotatable bonds is 8. The number of fused-ring (bicyclic) bond motifs is 1. The van der Waals surface area contributed by atoms with Gasteiger partial charge in [0.25, 0.3) is 0 Å². The zero-order valence-corrected chi connectivity index (χ0v) is 29.8. The minimum atomic E-state index is -1.01. The van der Waals surface area contributed by atoms with Crippen LogP contribution in [0.25, 0.3) is 0 Å². The van der Waals surface area contributed by atoms with Gasteiger partial charge in [-0.15, -0.1) is 0 Å². The van der Waals surface area contributed by atoms with Gasteiger partial charge in [0, 0.05) is 32.1 Å². The maximum Gasteiger partial charge on any atom is 0.497 e. The van der Waals surface area contributed by atoms with E-state index in [2.05, 4.69) is 6.07 Å². The van der Waals surface area contributed by atoms with E-state index in [1.165, 1.54) is 4.90 Å². The summed E-state index contributed by atoms with van der Waals surface area (Å²) >= 11 is 0. The van der Waals surface area contributed by atoms with E-state index in [0.29, 0.717) is 55.7 Å². The van der Waals surface area contributed by atoms with E-state index in [4.69, 9.17) is 23.8 Å². The van der Waals surface area contributed by atoms with Crippen LogP contribution in [0, 0.1) is 0 Å². The highest BCUT2D eigenvalue weighted by Crippen LogP contribution is 2.37. The van der Waals surface area contributed by atoms with E-state index in [0.717, 1.165) is 11.1 Å². The molecule has 1 amide bonds. The molecule has 0 saturated carbocycles. The first-order valence-corrected chi connectivity index (χ1v) is 16.2. The van der Waals surface area contributed by atoms with E-state index < -0.39 is 41.5 Å². The van der Waals surface area contributed by atoms with Gasteiger partial charge in [0.15, 0.2) is 5.69 Å². The Balaban J connectivity index is 1.57. The first kappa shape index (κ1) is 36.2. The Hall–Kier alpha value is -3.64. The highest BCUT2D eigenvalue weighted by Gasteiger charge is 2.53. The number of aromatic nitrogens is 1. The lowest BCUT2D eigenvalue weighted by molar-refractivity contribution is 0.00578. The number of esters is 1. The van der Waals surface area contributed by atoms with Crippen molar-refractivity contribution >= 4 is 36.4 Å². The monoisotopic (exact) mass is 651 g/mol. The quantitative estimate of drug-likeness (QED) is 0.293. The van der Waals surface area contributed by atoms with E-state index in [1.807, 2.05) is 59.4 Å². The number of anilines is 1. The molecule has 0 radical (unpaired) electrons. The number of aryl methyl sites for hydroxylation is 1. The molecule has 0 atom stereocenters. The lowest BCUT2D eigenvalue weighted by Gasteiger charge is -2.32. The van der Waals surface area contributed by atoms with Crippen LogP contribution in [-0.2, 0) is 38.2 Å². The second-order valence-electron chi connectivity index (χ2n) is 15.5. The molecule has 4 rings (SSSR count). The van der Waals surface area contributed by atoms with Crippen molar-refractivity contribution in [1.29, 1.82) is 0 Å². The summed E-state index contributed by atoms with van der Waals surface area (Å²) in [6.45, 7) is 20.0. The second kappa shape index (κ2) is 13.1. The van der Waals surface area contributed by atoms with Gasteiger partial charge in [0.05, 0.1) is 16.8 Å². The maximum absolute atomic E-state index is 13.5. The standard InChI is InChI=1S/C35H50BN3O8/c1-32(2,3)44-30(42)28-26(36-46-34(7,8)35(9,10)47-36)14-15-27(37-28)39-18-16-23-19-22(20-24(29(40)41)25(23)21-39)13-12-17-38(11)31(43)45-33(4,5)6/h14-15,19-20H,12-13,16-18,21H2,1-11H3,(H,40,41). The SMILES string of the molecule is CN(CCCc1cc2c(c(C(=O)O)c1)CN(c1ccc(B3OC(C)(C)C(C)(C)O3)c(C(=O)OC(C)(C)C)n1)CC2)C(=O)OC(C)(C)C. The summed E-state index contributed by atoms with van der Waals surface area (Å²) in [6, 6.07) is 7.39. The molecular weight excluding hydrogens is 601 g/mol. The molecule has 1 saturated heterocycles. The Bertz CT molecular complexity index is 1510. The lowest BCUT2D eigenvalue weighted by Crippen LogP contribution is -2.41. The molecule has 3 heterocycles. The highest BCUT2D eigenvalue weighted by atomic mass is 16.7. The molecule has 0 bridgehead atoms. The van der Waals surface area contributed by atoms with Crippen LogP contribution in [0.4, 0.5) is 10.6 Å². The Morgan fingerprint density at radius 2 is 1.62 bits per heavy atom. The van der Waals surface area contributed by atoms with Gasteiger partial charge in [-0.2, -0.15) is 0 Å². The summed E-state index contributed by atoms with van der Waals surface area (Å²) in [5.41, 5.74) is 0.872. The number of hydrogen-bond acceptors (Lipinski definition) is 9. The second-order valence-corrected chi connectivity index (χ2v) is 15.5. The molecule has 1 fully saturated rings. The largest absolute Gasteiger partial charge is 0.497 e. The average Bonchev–Trinajstić information content (AvgIpc) is 3.16. The van der Waals surface area contributed by atoms with E-state index in [9.17, 15) is 19.5 Å². The van der Waals surface area contributed by atoms with Crippen molar-refractivity contribution < 1.29 is 38.3 Å². The van der Waals surface area contributed by atoms with E-state index in [1.54, 1.807) is 40.0 Å². The van der Waals surface area contributed by atoms with Gasteiger partial charge < -0.3 is 33.7 Å². The molecule has 256 valence electrons. The molecule has 1 aromatic heterocycles. The predicted octanol–water partition coefficient (Wildman–Crippen LogP) is 5.40. The van der Waals surface area contributed by atoms with Gasteiger partial charge in [-0.25, -0.2) is 19.4 Å². The fourth-order valence-corrected chi connectivity index (χ4v) is 5.50. The Morgan fingerprint density at radius 3 is 2.19 bits per heavy atom. The summed E-state index contributed by atoms with van der Waals surface area (Å²) in [5.74, 6) is -1.06. The van der Waals surface area contributed by atoms with Crippen molar-refractivity contribution in [1.82, 2.24) is 9.88 Å². The number of amides is 1. The predicted molar refractivity (Wildman–Crippen MR) is 180 cm³/mol. The molecule has 0 aliphatic carbocycles. The van der Waals surface area contributed by atoms with Gasteiger partial charge in [-0.1, -0.05) is 12.1 Å². The number of aromatic carboxylic acids is 1. The van der Waals surface area contributed by atoms with Gasteiger partial charge in [0.1, 0.15) is 17.0 Å². The molecule has 0 unspecified atom stereocenters. The molecule has 2 aromatic rings. The van der Waals surface area contributed by atoms with Crippen molar-refractivity contribution in [2.45, 2.75) is 117 Å². The highest BCUT2D eigenvalue weighted by molar-refractivity contribution is 6.63. The number of nitrogens with zero attached hydrogens (tertiary/aromatic N) is 3. The fourth-order valence-electron chi connectivity index (χ4n) is 5.50. The van der Waals surface area contributed by atoms with Crippen molar-refractivity contribution in [3.05, 3.63) is 52.2 Å². The molecule has 1 aromatic carbocycles. The molecule has 2 aliphatic rings. The number of carbonyl (C=O) groups is 3. The number of benzene rings is 1. The van der Waals surface area contributed by atoms with Crippen LogP contribution in [0.3, 0.4) is 0 Å². The van der Waals surface area contributed by atoms with Gasteiger partial charge in [-0.05, 0) is 117 Å². The zero-order chi connectivity index (χ0) is 35.1. The Labute approximate surface area is 279 Å². The van der Waals surface area contributed by atoms with Gasteiger partial charge in [-0.3, -0.25) is 0 Å². The summed E-state index contributed by atoms with van der Waals surface area (Å²) < 4.78 is 23.7. The van der Waals surface area contributed by atoms with E-state index in [-0.39, 0.29) is 17.4 Å². The number of carboxylic acids is 1. The number of pyridine rings is 1. The van der Waals surface area contributed by atoms with Crippen LogP contribution in [0.1, 0.15) is 113 Å². The van der Waals surface area contributed by atoms with Gasteiger partial charge in [0.2, 0.25) is 0 Å². The normalized spacial score (nSPS) is 17.3. The van der Waals surface area contributed by atoms with Gasteiger partial charge >= 0.3 is 25.2 Å². The van der Waals surface area contributed by atoms with E-state index >= 15 is 0 Å². The van der Waals surface area contributed by atoms with Crippen molar-refractivity contribution in [2.75, 3.05) is 25.0 Å². The fraction of sp³-hybridized carbons (Fsp3) is 0.600. The molecular formula is C35H50BN3O8. The van der Waals surface area contributed by atoms with Crippen molar-refractivity contribution in [2.24, 2.45) is 0 Å². The number of carbonyl (C=O) groups excluding carboxylic acids is 2. The third-order valence-corrected chi connectivity index (χ3v) is 8.63.